The zero-order valence-electron chi connectivity index (χ0n) is 12.1. The molecule has 1 N–H and O–H groups in total. The van der Waals surface area contributed by atoms with Gasteiger partial charge in [-0.05, 0) is 32.0 Å². The summed E-state index contributed by atoms with van der Waals surface area (Å²) in [6.07, 6.45) is 0. The fourth-order valence-corrected chi connectivity index (χ4v) is 2.71. The Hall–Kier alpha value is -2.09. The van der Waals surface area contributed by atoms with Crippen LogP contribution in [0.15, 0.2) is 35.7 Å². The van der Waals surface area contributed by atoms with Crippen LogP contribution in [0.25, 0.3) is 0 Å². The Balaban J connectivity index is 2.24. The molecule has 0 fully saturated rings. The monoisotopic (exact) mass is 299 g/mol. The molecule has 21 heavy (non-hydrogen) atoms. The summed E-state index contributed by atoms with van der Waals surface area (Å²) in [6, 6.07) is 9.67. The van der Waals surface area contributed by atoms with Gasteiger partial charge in [-0.25, -0.2) is 0 Å². The van der Waals surface area contributed by atoms with Crippen molar-refractivity contribution in [3.05, 3.63) is 51.7 Å². The lowest BCUT2D eigenvalue weighted by molar-refractivity contribution is 0.0988. The Bertz CT molecular complexity index is 677. The van der Waals surface area contributed by atoms with Crippen molar-refractivity contribution < 1.29 is 9.90 Å². The first-order chi connectivity index (χ1) is 10.2. The average Bonchev–Trinajstić information content (AvgIpc) is 2.96. The number of rotatable bonds is 3. The molecule has 0 saturated heterocycles. The van der Waals surface area contributed by atoms with E-state index < -0.39 is 0 Å². The van der Waals surface area contributed by atoms with E-state index in [1.165, 1.54) is 16.9 Å². The molecule has 3 nitrogen and oxygen atoms in total. The van der Waals surface area contributed by atoms with Crippen LogP contribution in [0.5, 0.6) is 0 Å². The predicted octanol–water partition coefficient (Wildman–Crippen LogP) is 3.07. The highest BCUT2D eigenvalue weighted by Crippen LogP contribution is 2.21. The molecular weight excluding hydrogens is 282 g/mol. The van der Waals surface area contributed by atoms with Gasteiger partial charge in [0.25, 0.3) is 5.91 Å². The van der Waals surface area contributed by atoms with E-state index in [1.54, 1.807) is 16.3 Å². The van der Waals surface area contributed by atoms with Gasteiger partial charge in [0, 0.05) is 17.6 Å². The summed E-state index contributed by atoms with van der Waals surface area (Å²) in [5.74, 6) is 5.38. The van der Waals surface area contributed by atoms with Crippen LogP contribution in [0, 0.1) is 18.8 Å². The van der Waals surface area contributed by atoms with E-state index in [0.717, 1.165) is 10.6 Å². The van der Waals surface area contributed by atoms with Crippen molar-refractivity contribution in [3.63, 3.8) is 0 Å². The molecule has 0 aliphatic rings. The summed E-state index contributed by atoms with van der Waals surface area (Å²) < 4.78 is 0. The number of aryl methyl sites for hydroxylation is 1. The minimum atomic E-state index is -0.175. The SMILES string of the molecule is CCN(C(=O)c1csc(C#CCO)c1)c1ccc(C)cc1. The lowest BCUT2D eigenvalue weighted by Gasteiger charge is -2.20. The van der Waals surface area contributed by atoms with Crippen LogP contribution in [-0.2, 0) is 0 Å². The van der Waals surface area contributed by atoms with Gasteiger partial charge in [-0.1, -0.05) is 29.5 Å². The molecule has 4 heteroatoms. The van der Waals surface area contributed by atoms with E-state index in [1.807, 2.05) is 38.1 Å². The number of carbonyl (C=O) groups is 1. The largest absolute Gasteiger partial charge is 0.384 e. The number of aliphatic hydroxyl groups excluding tert-OH is 1. The second-order valence-corrected chi connectivity index (χ2v) is 5.46. The summed E-state index contributed by atoms with van der Waals surface area (Å²) in [7, 11) is 0. The Morgan fingerprint density at radius 1 is 1.33 bits per heavy atom. The lowest BCUT2D eigenvalue weighted by Crippen LogP contribution is -2.30. The molecule has 2 aromatic rings. The molecule has 0 radical (unpaired) electrons. The van der Waals surface area contributed by atoms with Crippen molar-refractivity contribution in [2.45, 2.75) is 13.8 Å². The molecule has 1 heterocycles. The molecule has 0 saturated carbocycles. The van der Waals surface area contributed by atoms with E-state index >= 15 is 0 Å². The minimum Gasteiger partial charge on any atom is -0.384 e. The number of amides is 1. The quantitative estimate of drug-likeness (QED) is 0.885. The third-order valence-electron chi connectivity index (χ3n) is 3.04. The number of anilines is 1. The molecule has 1 aromatic carbocycles. The normalized spacial score (nSPS) is 9.86. The van der Waals surface area contributed by atoms with Gasteiger partial charge < -0.3 is 10.0 Å². The van der Waals surface area contributed by atoms with Crippen LogP contribution in [0.4, 0.5) is 5.69 Å². The van der Waals surface area contributed by atoms with Crippen molar-refractivity contribution in [1.29, 1.82) is 0 Å². The summed E-state index contributed by atoms with van der Waals surface area (Å²) >= 11 is 1.41. The van der Waals surface area contributed by atoms with Crippen molar-refractivity contribution in [2.24, 2.45) is 0 Å². The van der Waals surface area contributed by atoms with E-state index in [-0.39, 0.29) is 12.5 Å². The van der Waals surface area contributed by atoms with Gasteiger partial charge in [0.2, 0.25) is 0 Å². The molecule has 0 unspecified atom stereocenters. The highest BCUT2D eigenvalue weighted by molar-refractivity contribution is 7.10. The summed E-state index contributed by atoms with van der Waals surface area (Å²) in [5, 5.41) is 10.5. The maximum absolute atomic E-state index is 12.6. The third kappa shape index (κ3) is 3.72. The molecule has 0 atom stereocenters. The third-order valence-corrected chi connectivity index (χ3v) is 3.89. The number of thiophene rings is 1. The summed E-state index contributed by atoms with van der Waals surface area (Å²) in [6.45, 7) is 4.41. The van der Waals surface area contributed by atoms with Gasteiger partial charge >= 0.3 is 0 Å². The van der Waals surface area contributed by atoms with Crippen molar-refractivity contribution in [3.8, 4) is 11.8 Å². The summed E-state index contributed by atoms with van der Waals surface area (Å²) in [5.41, 5.74) is 2.69. The molecular formula is C17H17NO2S. The van der Waals surface area contributed by atoms with Crippen LogP contribution in [0.1, 0.15) is 27.7 Å². The topological polar surface area (TPSA) is 40.5 Å². The van der Waals surface area contributed by atoms with Crippen molar-refractivity contribution in [1.82, 2.24) is 0 Å². The molecule has 0 aliphatic carbocycles. The maximum Gasteiger partial charge on any atom is 0.259 e. The smallest absolute Gasteiger partial charge is 0.259 e. The number of aliphatic hydroxyl groups is 1. The zero-order chi connectivity index (χ0) is 15.2. The first kappa shape index (κ1) is 15.3. The Morgan fingerprint density at radius 2 is 2.05 bits per heavy atom. The number of carbonyl (C=O) groups excluding carboxylic acids is 1. The van der Waals surface area contributed by atoms with E-state index in [0.29, 0.717) is 12.1 Å². The molecule has 2 rings (SSSR count). The van der Waals surface area contributed by atoms with Gasteiger partial charge in [-0.3, -0.25) is 4.79 Å². The second kappa shape index (κ2) is 7.07. The summed E-state index contributed by atoms with van der Waals surface area (Å²) in [4.78, 5) is 15.1. The van der Waals surface area contributed by atoms with Crippen molar-refractivity contribution >= 4 is 22.9 Å². The molecule has 0 aliphatic heterocycles. The van der Waals surface area contributed by atoms with E-state index in [2.05, 4.69) is 11.8 Å². The van der Waals surface area contributed by atoms with Crippen molar-refractivity contribution in [2.75, 3.05) is 18.1 Å². The van der Waals surface area contributed by atoms with Crippen LogP contribution >= 0.6 is 11.3 Å². The molecule has 0 bridgehead atoms. The molecule has 1 aromatic heterocycles. The van der Waals surface area contributed by atoms with Gasteiger partial charge in [-0.15, -0.1) is 11.3 Å². The van der Waals surface area contributed by atoms with Crippen LogP contribution in [0.3, 0.4) is 0 Å². The zero-order valence-corrected chi connectivity index (χ0v) is 12.9. The number of benzene rings is 1. The Kier molecular flexibility index (Phi) is 5.15. The molecule has 1 amide bonds. The minimum absolute atomic E-state index is 0.0327. The van der Waals surface area contributed by atoms with Crippen LogP contribution in [-0.4, -0.2) is 24.2 Å². The first-order valence-corrected chi connectivity index (χ1v) is 7.60. The predicted molar refractivity (Wildman–Crippen MR) is 86.8 cm³/mol. The van der Waals surface area contributed by atoms with Gasteiger partial charge in [0.05, 0.1) is 10.4 Å². The number of nitrogens with zero attached hydrogens (tertiary/aromatic N) is 1. The van der Waals surface area contributed by atoms with Crippen LogP contribution in [0.2, 0.25) is 0 Å². The molecule has 108 valence electrons. The lowest BCUT2D eigenvalue weighted by atomic mass is 10.2. The van der Waals surface area contributed by atoms with Gasteiger partial charge in [0.15, 0.2) is 0 Å². The fraction of sp³-hybridized carbons (Fsp3) is 0.235. The Labute approximate surface area is 128 Å². The second-order valence-electron chi connectivity index (χ2n) is 4.54. The van der Waals surface area contributed by atoms with Gasteiger partial charge in [-0.2, -0.15) is 0 Å². The standard InChI is InChI=1S/C17H17NO2S/c1-3-18(15-8-6-13(2)7-9-15)17(20)14-11-16(21-12-14)5-4-10-19/h6-9,11-12,19H,3,10H2,1-2H3. The maximum atomic E-state index is 12.6. The number of hydrogen-bond donors (Lipinski definition) is 1. The van der Waals surface area contributed by atoms with E-state index in [4.69, 9.17) is 5.11 Å². The highest BCUT2D eigenvalue weighted by atomic mass is 32.1. The highest BCUT2D eigenvalue weighted by Gasteiger charge is 2.17. The van der Waals surface area contributed by atoms with Crippen LogP contribution < -0.4 is 4.90 Å². The first-order valence-electron chi connectivity index (χ1n) is 6.72. The van der Waals surface area contributed by atoms with Gasteiger partial charge in [0.1, 0.15) is 6.61 Å². The number of hydrogen-bond acceptors (Lipinski definition) is 3. The average molecular weight is 299 g/mol. The van der Waals surface area contributed by atoms with E-state index in [9.17, 15) is 4.79 Å². The molecule has 0 spiro atoms. The Morgan fingerprint density at radius 3 is 2.67 bits per heavy atom. The fourth-order valence-electron chi connectivity index (χ4n) is 1.96.